The van der Waals surface area contributed by atoms with Gasteiger partial charge >= 0.3 is 6.01 Å². The Morgan fingerprint density at radius 3 is 2.89 bits per heavy atom. The fourth-order valence-corrected chi connectivity index (χ4v) is 5.31. The van der Waals surface area contributed by atoms with Gasteiger partial charge in [0.15, 0.2) is 11.0 Å². The predicted octanol–water partition coefficient (Wildman–Crippen LogP) is 3.96. The van der Waals surface area contributed by atoms with Crippen LogP contribution < -0.4 is 9.64 Å². The van der Waals surface area contributed by atoms with Gasteiger partial charge in [0.05, 0.1) is 33.9 Å². The standard InChI is InChI=1S/C25H28ClF4N5O2/c1-4-5-15-16-19(18(28)21(26)31-15)32-24(33-23(16)35-8-9-36-10-13-17(27)20(13)35)37-12-25(2)11-34(3)7-6-14(25)22(29)30/h13-14,17,20,22H,6-12H2,1-3H3/t13-,14+,17-,20-,25-/m0/s1/i3D3,12D2. The first-order valence-electron chi connectivity index (χ1n) is 14.3. The number of halogens is 5. The third-order valence-electron chi connectivity index (χ3n) is 7.13. The van der Waals surface area contributed by atoms with Crippen LogP contribution in [0.25, 0.3) is 10.9 Å². The van der Waals surface area contributed by atoms with Crippen LogP contribution in [0.15, 0.2) is 0 Å². The summed E-state index contributed by atoms with van der Waals surface area (Å²) in [5, 5.41) is -0.599. The van der Waals surface area contributed by atoms with Crippen LogP contribution >= 0.6 is 11.6 Å². The summed E-state index contributed by atoms with van der Waals surface area (Å²) in [5.74, 6) is 2.13. The number of hydrogen-bond donors (Lipinski definition) is 0. The first-order valence-corrected chi connectivity index (χ1v) is 12.2. The van der Waals surface area contributed by atoms with Gasteiger partial charge in [0.1, 0.15) is 23.2 Å². The van der Waals surface area contributed by atoms with Crippen molar-refractivity contribution >= 4 is 28.3 Å². The van der Waals surface area contributed by atoms with E-state index in [4.69, 9.17) is 27.9 Å². The van der Waals surface area contributed by atoms with Crippen molar-refractivity contribution in [3.8, 4) is 17.9 Å². The average Bonchev–Trinajstić information content (AvgIpc) is 3.59. The van der Waals surface area contributed by atoms with Crippen molar-refractivity contribution in [1.29, 1.82) is 0 Å². The highest BCUT2D eigenvalue weighted by molar-refractivity contribution is 6.30. The molecule has 1 aliphatic carbocycles. The van der Waals surface area contributed by atoms with E-state index in [2.05, 4.69) is 26.8 Å². The van der Waals surface area contributed by atoms with Gasteiger partial charge in [-0.2, -0.15) is 9.97 Å². The van der Waals surface area contributed by atoms with Gasteiger partial charge in [-0.25, -0.2) is 22.5 Å². The molecule has 0 aromatic carbocycles. The largest absolute Gasteiger partial charge is 0.463 e. The van der Waals surface area contributed by atoms with Gasteiger partial charge in [-0.15, -0.1) is 0 Å². The lowest BCUT2D eigenvalue weighted by molar-refractivity contribution is -0.0679. The van der Waals surface area contributed by atoms with Gasteiger partial charge in [0, 0.05) is 34.5 Å². The third-order valence-corrected chi connectivity index (χ3v) is 7.38. The molecule has 37 heavy (non-hydrogen) atoms. The number of fused-ring (bicyclic) bond motifs is 2. The quantitative estimate of drug-likeness (QED) is 0.319. The summed E-state index contributed by atoms with van der Waals surface area (Å²) in [5.41, 5.74) is -2.52. The SMILES string of the molecule is [2H]C([2H])([2H])N1CC[C@H](C(F)F)[C@](C)(C([2H])([2H])Oc2nc(N3CCOC[C@H]4[C@H](F)[C@H]43)c3c(C#CC)nc(Cl)c(F)c3n2)C1. The summed E-state index contributed by atoms with van der Waals surface area (Å²) in [6.45, 7) is -3.29. The molecule has 200 valence electrons. The summed E-state index contributed by atoms with van der Waals surface area (Å²) in [7, 11) is 0. The molecule has 2 aliphatic heterocycles. The Balaban J connectivity index is 1.65. The second-order valence-corrected chi connectivity index (χ2v) is 9.99. The normalized spacial score (nSPS) is 32.8. The maximum atomic E-state index is 15.5. The van der Waals surface area contributed by atoms with E-state index in [1.807, 2.05) is 0 Å². The first kappa shape index (κ1) is 20.5. The van der Waals surface area contributed by atoms with E-state index in [9.17, 15) is 13.2 Å². The van der Waals surface area contributed by atoms with E-state index in [0.29, 0.717) is 0 Å². The Labute approximate surface area is 224 Å². The highest BCUT2D eigenvalue weighted by Crippen LogP contribution is 2.45. The van der Waals surface area contributed by atoms with E-state index >= 15 is 4.39 Å². The minimum absolute atomic E-state index is 0.00782. The molecule has 4 heterocycles. The lowest BCUT2D eigenvalue weighted by Crippen LogP contribution is -2.51. The molecule has 7 nitrogen and oxygen atoms in total. The van der Waals surface area contributed by atoms with Gasteiger partial charge in [0.2, 0.25) is 6.43 Å². The van der Waals surface area contributed by atoms with E-state index in [-0.39, 0.29) is 49.6 Å². The van der Waals surface area contributed by atoms with Gasteiger partial charge in [-0.3, -0.25) is 0 Å². The number of aromatic nitrogens is 3. The Morgan fingerprint density at radius 1 is 1.35 bits per heavy atom. The molecule has 5 rings (SSSR count). The zero-order valence-electron chi connectivity index (χ0n) is 25.1. The smallest absolute Gasteiger partial charge is 0.319 e. The number of pyridine rings is 1. The molecule has 0 bridgehead atoms. The second kappa shape index (κ2) is 10.0. The van der Waals surface area contributed by atoms with E-state index < -0.39 is 78.5 Å². The summed E-state index contributed by atoms with van der Waals surface area (Å²) in [6, 6.07) is -1.43. The van der Waals surface area contributed by atoms with Crippen LogP contribution in [0.1, 0.15) is 32.8 Å². The van der Waals surface area contributed by atoms with Crippen molar-refractivity contribution in [2.45, 2.75) is 38.9 Å². The molecule has 0 amide bonds. The summed E-state index contributed by atoms with van der Waals surface area (Å²) >= 11 is 6.03. The number of anilines is 1. The van der Waals surface area contributed by atoms with Crippen molar-refractivity contribution in [3.05, 3.63) is 16.7 Å². The van der Waals surface area contributed by atoms with Gasteiger partial charge in [-0.1, -0.05) is 24.4 Å². The predicted molar refractivity (Wildman–Crippen MR) is 130 cm³/mol. The number of hydrogen-bond acceptors (Lipinski definition) is 7. The number of likely N-dealkylation sites (tertiary alicyclic amines) is 1. The van der Waals surface area contributed by atoms with Gasteiger partial charge < -0.3 is 19.3 Å². The molecular weight excluding hydrogens is 514 g/mol. The second-order valence-electron chi connectivity index (χ2n) is 9.63. The highest BCUT2D eigenvalue weighted by Gasteiger charge is 2.56. The first-order chi connectivity index (χ1) is 19.6. The van der Waals surface area contributed by atoms with Crippen molar-refractivity contribution in [1.82, 2.24) is 19.9 Å². The lowest BCUT2D eigenvalue weighted by Gasteiger charge is -2.44. The zero-order valence-corrected chi connectivity index (χ0v) is 20.8. The van der Waals surface area contributed by atoms with Gasteiger partial charge in [-0.05, 0) is 32.8 Å². The fraction of sp³-hybridized carbons (Fsp3) is 0.640. The lowest BCUT2D eigenvalue weighted by atomic mass is 9.73. The summed E-state index contributed by atoms with van der Waals surface area (Å²) < 4.78 is 111. The molecule has 0 N–H and O–H groups in total. The zero-order chi connectivity index (χ0) is 30.8. The van der Waals surface area contributed by atoms with Gasteiger partial charge in [0.25, 0.3) is 0 Å². The fourth-order valence-electron chi connectivity index (χ4n) is 5.14. The minimum atomic E-state index is -3.00. The Bertz CT molecular complexity index is 1440. The topological polar surface area (TPSA) is 63.6 Å². The highest BCUT2D eigenvalue weighted by atomic mass is 35.5. The molecule has 2 aromatic rings. The number of piperidine rings is 1. The van der Waals surface area contributed by atoms with Crippen molar-refractivity contribution in [2.24, 2.45) is 17.3 Å². The Morgan fingerprint density at radius 2 is 2.16 bits per heavy atom. The van der Waals surface area contributed by atoms with Crippen LogP contribution in [-0.4, -0.2) is 84.9 Å². The van der Waals surface area contributed by atoms with E-state index in [1.54, 1.807) is 0 Å². The molecule has 12 heteroatoms. The summed E-state index contributed by atoms with van der Waals surface area (Å²) in [4.78, 5) is 14.9. The molecule has 2 aromatic heterocycles. The van der Waals surface area contributed by atoms with Crippen LogP contribution in [0.2, 0.25) is 5.15 Å². The molecule has 0 unspecified atom stereocenters. The molecule has 0 radical (unpaired) electrons. The molecule has 2 saturated heterocycles. The van der Waals surface area contributed by atoms with Crippen molar-refractivity contribution in [3.63, 3.8) is 0 Å². The molecule has 1 saturated carbocycles. The molecule has 3 fully saturated rings. The molecular formula is C25H28ClF4N5O2. The number of alkyl halides is 3. The third kappa shape index (κ3) is 4.79. The monoisotopic (exact) mass is 546 g/mol. The van der Waals surface area contributed by atoms with Crippen LogP contribution in [0, 0.1) is 34.9 Å². The number of rotatable bonds is 5. The van der Waals surface area contributed by atoms with Crippen molar-refractivity contribution in [2.75, 3.05) is 51.3 Å². The Hall–Kier alpha value is -2.42. The Kier molecular flexibility index (Phi) is 5.57. The average molecular weight is 547 g/mol. The number of nitrogens with zero attached hydrogens (tertiary/aromatic N) is 5. The van der Waals surface area contributed by atoms with E-state index in [1.165, 1.54) is 18.7 Å². The van der Waals surface area contributed by atoms with Crippen LogP contribution in [-0.2, 0) is 4.74 Å². The number of ether oxygens (including phenoxy) is 2. The maximum absolute atomic E-state index is 15.5. The molecule has 3 aliphatic rings. The van der Waals surface area contributed by atoms with Crippen LogP contribution in [0.3, 0.4) is 0 Å². The van der Waals surface area contributed by atoms with Crippen molar-refractivity contribution < 1.29 is 33.9 Å². The van der Waals surface area contributed by atoms with E-state index in [0.717, 1.165) is 4.90 Å². The molecule has 5 atom stereocenters. The minimum Gasteiger partial charge on any atom is -0.463 e. The molecule has 0 spiro atoms. The maximum Gasteiger partial charge on any atom is 0.319 e. The van der Waals surface area contributed by atoms with Crippen LogP contribution in [0.4, 0.5) is 23.4 Å². The summed E-state index contributed by atoms with van der Waals surface area (Å²) in [6.07, 6.45) is -4.60. The van der Waals surface area contributed by atoms with Crippen LogP contribution in [0.5, 0.6) is 6.01 Å².